The third-order valence-corrected chi connectivity index (χ3v) is 9.54. The van der Waals surface area contributed by atoms with Gasteiger partial charge in [-0.1, -0.05) is 65.7 Å². The zero-order valence-electron chi connectivity index (χ0n) is 24.2. The number of aromatic nitrogens is 1. The summed E-state index contributed by atoms with van der Waals surface area (Å²) in [6.45, 7) is 3.03. The summed E-state index contributed by atoms with van der Waals surface area (Å²) < 4.78 is 41.8. The SMILES string of the molecule is Cc1c(C(=O)NS(=O)(=O)C[C@@H]2CCCN(C(=O)OCc3ccccc3)C2)n(CCOc2ccccc2Cl)c2ccc(Cl)cc12. The summed E-state index contributed by atoms with van der Waals surface area (Å²) in [5.74, 6) is -0.901. The maximum Gasteiger partial charge on any atom is 0.410 e. The minimum atomic E-state index is -4.05. The van der Waals surface area contributed by atoms with E-state index in [-0.39, 0.29) is 43.7 Å². The maximum absolute atomic E-state index is 13.6. The number of hydrogen-bond donors (Lipinski definition) is 1. The van der Waals surface area contributed by atoms with Crippen molar-refractivity contribution in [2.75, 3.05) is 25.4 Å². The summed E-state index contributed by atoms with van der Waals surface area (Å²) in [5.41, 5.74) is 2.38. The first kappa shape index (κ1) is 31.7. The van der Waals surface area contributed by atoms with Gasteiger partial charge in [0.1, 0.15) is 24.7 Å². The molecular weight excluding hydrogens is 625 g/mol. The lowest BCUT2D eigenvalue weighted by molar-refractivity contribution is 0.0811. The number of hydrogen-bond acceptors (Lipinski definition) is 6. The van der Waals surface area contributed by atoms with Crippen molar-refractivity contribution >= 4 is 56.1 Å². The van der Waals surface area contributed by atoms with Crippen LogP contribution in [0, 0.1) is 12.8 Å². The molecule has 5 rings (SSSR count). The Hall–Kier alpha value is -3.73. The molecule has 0 bridgehead atoms. The van der Waals surface area contributed by atoms with E-state index in [1.807, 2.05) is 30.3 Å². The lowest BCUT2D eigenvalue weighted by Crippen LogP contribution is -2.44. The first-order valence-electron chi connectivity index (χ1n) is 14.3. The Bertz CT molecular complexity index is 1760. The molecule has 1 aliphatic heterocycles. The van der Waals surface area contributed by atoms with Gasteiger partial charge in [0, 0.05) is 29.0 Å². The number of para-hydroxylation sites is 1. The minimum absolute atomic E-state index is 0.136. The molecule has 1 atom stereocenters. The number of nitrogens with one attached hydrogen (secondary N) is 1. The van der Waals surface area contributed by atoms with Crippen LogP contribution in [0.4, 0.5) is 4.79 Å². The number of nitrogens with zero attached hydrogens (tertiary/aromatic N) is 2. The van der Waals surface area contributed by atoms with Crippen LogP contribution in [0.5, 0.6) is 5.75 Å². The summed E-state index contributed by atoms with van der Waals surface area (Å²) >= 11 is 12.5. The standard InChI is InChI=1S/C32H33Cl2N3O6S/c1-22-26-18-25(33)13-14-28(26)37(16-17-42-29-12-6-5-11-27(29)34)30(22)31(38)35-44(40,41)21-24-10-7-15-36(19-24)32(39)43-20-23-8-3-2-4-9-23/h2-6,8-9,11-14,18,24H,7,10,15-17,19-21H2,1H3,(H,35,38)/t24-/m1/s1. The molecule has 4 aromatic rings. The van der Waals surface area contributed by atoms with Crippen LogP contribution < -0.4 is 9.46 Å². The van der Waals surface area contributed by atoms with E-state index in [9.17, 15) is 18.0 Å². The van der Waals surface area contributed by atoms with Crippen LogP contribution in [0.3, 0.4) is 0 Å². The van der Waals surface area contributed by atoms with Gasteiger partial charge in [0.2, 0.25) is 10.0 Å². The normalized spacial score (nSPS) is 15.2. The average molecular weight is 659 g/mol. The summed E-state index contributed by atoms with van der Waals surface area (Å²) in [5, 5.41) is 1.69. The highest BCUT2D eigenvalue weighted by Crippen LogP contribution is 2.29. The molecule has 0 spiro atoms. The Kier molecular flexibility index (Phi) is 10.0. The zero-order valence-corrected chi connectivity index (χ0v) is 26.5. The summed E-state index contributed by atoms with van der Waals surface area (Å²) in [6.07, 6.45) is 0.751. The van der Waals surface area contributed by atoms with E-state index < -0.39 is 22.0 Å². The lowest BCUT2D eigenvalue weighted by atomic mass is 10.0. The molecule has 0 unspecified atom stereocenters. The summed E-state index contributed by atoms with van der Waals surface area (Å²) in [4.78, 5) is 27.8. The maximum atomic E-state index is 13.6. The first-order valence-corrected chi connectivity index (χ1v) is 16.7. The minimum Gasteiger partial charge on any atom is -0.490 e. The van der Waals surface area contributed by atoms with Crippen molar-refractivity contribution in [2.45, 2.75) is 32.9 Å². The van der Waals surface area contributed by atoms with Crippen molar-refractivity contribution in [3.63, 3.8) is 0 Å². The summed E-state index contributed by atoms with van der Waals surface area (Å²) in [6, 6.07) is 21.7. The number of piperidine rings is 1. The Morgan fingerprint density at radius 1 is 1.02 bits per heavy atom. The summed E-state index contributed by atoms with van der Waals surface area (Å²) in [7, 11) is -4.05. The van der Waals surface area contributed by atoms with Crippen LogP contribution >= 0.6 is 23.2 Å². The molecule has 44 heavy (non-hydrogen) atoms. The second-order valence-electron chi connectivity index (χ2n) is 10.8. The molecule has 1 aromatic heterocycles. The van der Waals surface area contributed by atoms with Crippen LogP contribution in [-0.2, 0) is 27.9 Å². The highest BCUT2D eigenvalue weighted by atomic mass is 35.5. The van der Waals surface area contributed by atoms with Crippen LogP contribution in [-0.4, -0.2) is 55.3 Å². The van der Waals surface area contributed by atoms with E-state index >= 15 is 0 Å². The van der Waals surface area contributed by atoms with Crippen molar-refractivity contribution in [2.24, 2.45) is 5.92 Å². The van der Waals surface area contributed by atoms with Gasteiger partial charge in [0.25, 0.3) is 5.91 Å². The van der Waals surface area contributed by atoms with Crippen LogP contribution in [0.25, 0.3) is 10.9 Å². The molecule has 1 aliphatic rings. The molecule has 2 heterocycles. The fraction of sp³-hybridized carbons (Fsp3) is 0.312. The van der Waals surface area contributed by atoms with Gasteiger partial charge >= 0.3 is 6.09 Å². The van der Waals surface area contributed by atoms with Gasteiger partial charge in [-0.2, -0.15) is 0 Å². The molecule has 0 radical (unpaired) electrons. The van der Waals surface area contributed by atoms with E-state index in [2.05, 4.69) is 4.72 Å². The highest BCUT2D eigenvalue weighted by molar-refractivity contribution is 7.90. The number of rotatable bonds is 10. The lowest BCUT2D eigenvalue weighted by Gasteiger charge is -2.31. The second-order valence-corrected chi connectivity index (χ2v) is 13.4. The van der Waals surface area contributed by atoms with Gasteiger partial charge in [-0.15, -0.1) is 0 Å². The molecule has 9 nitrogen and oxygen atoms in total. The highest BCUT2D eigenvalue weighted by Gasteiger charge is 2.31. The van der Waals surface area contributed by atoms with E-state index in [4.69, 9.17) is 32.7 Å². The fourth-order valence-electron chi connectivity index (χ4n) is 5.55. The van der Waals surface area contributed by atoms with E-state index in [1.165, 1.54) is 4.90 Å². The van der Waals surface area contributed by atoms with Crippen molar-refractivity contribution in [3.05, 3.63) is 99.7 Å². The number of carbonyl (C=O) groups excluding carboxylic acids is 2. The zero-order chi connectivity index (χ0) is 31.3. The van der Waals surface area contributed by atoms with Crippen molar-refractivity contribution in [1.29, 1.82) is 0 Å². The number of benzene rings is 3. The first-order chi connectivity index (χ1) is 21.1. The Balaban J connectivity index is 1.26. The predicted molar refractivity (Wildman–Crippen MR) is 171 cm³/mol. The predicted octanol–water partition coefficient (Wildman–Crippen LogP) is 6.44. The van der Waals surface area contributed by atoms with Crippen molar-refractivity contribution < 1.29 is 27.5 Å². The van der Waals surface area contributed by atoms with Crippen LogP contribution in [0.1, 0.15) is 34.5 Å². The number of sulfonamides is 1. The monoisotopic (exact) mass is 657 g/mol. The molecule has 1 fully saturated rings. The smallest absolute Gasteiger partial charge is 0.410 e. The van der Waals surface area contributed by atoms with Crippen LogP contribution in [0.15, 0.2) is 72.8 Å². The number of fused-ring (bicyclic) bond motifs is 1. The number of carbonyl (C=O) groups is 2. The fourth-order valence-corrected chi connectivity index (χ4v) is 7.26. The number of likely N-dealkylation sites (tertiary alicyclic amines) is 1. The molecule has 1 saturated heterocycles. The van der Waals surface area contributed by atoms with Gasteiger partial charge < -0.3 is 18.9 Å². The number of aryl methyl sites for hydroxylation is 1. The number of amides is 2. The Labute approximate surface area is 266 Å². The van der Waals surface area contributed by atoms with Gasteiger partial charge in [-0.05, 0) is 67.1 Å². The molecule has 232 valence electrons. The third kappa shape index (κ3) is 7.67. The van der Waals surface area contributed by atoms with Gasteiger partial charge in [-0.3, -0.25) is 4.79 Å². The largest absolute Gasteiger partial charge is 0.490 e. The molecule has 3 aromatic carbocycles. The van der Waals surface area contributed by atoms with Crippen molar-refractivity contribution in [1.82, 2.24) is 14.2 Å². The van der Waals surface area contributed by atoms with Gasteiger partial charge in [-0.25, -0.2) is 17.9 Å². The molecule has 0 aliphatic carbocycles. The molecular formula is C32H33Cl2N3O6S. The Morgan fingerprint density at radius 2 is 1.77 bits per heavy atom. The number of ether oxygens (including phenoxy) is 2. The van der Waals surface area contributed by atoms with E-state index in [1.54, 1.807) is 54.0 Å². The Morgan fingerprint density at radius 3 is 2.55 bits per heavy atom. The van der Waals surface area contributed by atoms with E-state index in [0.29, 0.717) is 46.3 Å². The third-order valence-electron chi connectivity index (χ3n) is 7.59. The molecule has 1 N–H and O–H groups in total. The van der Waals surface area contributed by atoms with Gasteiger partial charge in [0.15, 0.2) is 0 Å². The second kappa shape index (κ2) is 13.9. The van der Waals surface area contributed by atoms with Crippen LogP contribution in [0.2, 0.25) is 10.0 Å². The quantitative estimate of drug-likeness (QED) is 0.210. The molecule has 0 saturated carbocycles. The number of halogens is 2. The molecule has 12 heteroatoms. The molecule has 2 amide bonds. The van der Waals surface area contributed by atoms with E-state index in [0.717, 1.165) is 10.9 Å². The topological polar surface area (TPSA) is 107 Å². The average Bonchev–Trinajstić information content (AvgIpc) is 3.27. The van der Waals surface area contributed by atoms with Gasteiger partial charge in [0.05, 0.1) is 17.3 Å². The van der Waals surface area contributed by atoms with Crippen molar-refractivity contribution in [3.8, 4) is 5.75 Å².